The van der Waals surface area contributed by atoms with Crippen molar-refractivity contribution in [2.24, 2.45) is 5.92 Å². The number of aliphatic hydroxyl groups is 1. The Morgan fingerprint density at radius 2 is 1.52 bits per heavy atom. The molecule has 5 rings (SSSR count). The molecule has 0 bridgehead atoms. The number of aliphatic hydroxyl groups excluding tert-OH is 1. The maximum Gasteiger partial charge on any atom is 0.319 e. The van der Waals surface area contributed by atoms with Crippen LogP contribution in [0.5, 0.6) is 0 Å². The number of aryl methyl sites for hydroxylation is 2. The summed E-state index contributed by atoms with van der Waals surface area (Å²) in [6, 6.07) is 8.00. The fraction of sp³-hybridized carbons (Fsp3) is 0.548. The van der Waals surface area contributed by atoms with Gasteiger partial charge in [-0.25, -0.2) is 4.79 Å². The molecule has 0 saturated carbocycles. The summed E-state index contributed by atoms with van der Waals surface area (Å²) in [5.74, 6) is -2.68. The second kappa shape index (κ2) is 19.4. The van der Waals surface area contributed by atoms with Crippen molar-refractivity contribution in [3.63, 3.8) is 0 Å². The van der Waals surface area contributed by atoms with Gasteiger partial charge >= 0.3 is 6.03 Å². The number of likely N-dealkylation sites (tertiary alicyclic amines) is 2. The summed E-state index contributed by atoms with van der Waals surface area (Å²) >= 11 is 0. The van der Waals surface area contributed by atoms with Crippen LogP contribution in [-0.4, -0.2) is 149 Å². The van der Waals surface area contributed by atoms with E-state index in [-0.39, 0.29) is 43.7 Å². The lowest BCUT2D eigenvalue weighted by atomic mass is 10.0. The largest absolute Gasteiger partial charge is 0.394 e. The minimum atomic E-state index is -1.42. The lowest BCUT2D eigenvalue weighted by Crippen LogP contribution is -2.65. The number of benzene rings is 2. The van der Waals surface area contributed by atoms with Gasteiger partial charge in [-0.05, 0) is 77.6 Å². The molecule has 3 saturated heterocycles. The number of urea groups is 1. The molecule has 2 aromatic rings. The minimum Gasteiger partial charge on any atom is -0.394 e. The molecule has 16 nitrogen and oxygen atoms in total. The zero-order valence-electron chi connectivity index (χ0n) is 34.3. The molecule has 0 aliphatic carbocycles. The number of hydrogen-bond acceptors (Lipinski definition) is 9. The molecule has 3 aliphatic heterocycles. The zero-order valence-corrected chi connectivity index (χ0v) is 34.3. The van der Waals surface area contributed by atoms with Gasteiger partial charge in [-0.1, -0.05) is 54.4 Å². The Hall–Kier alpha value is -5.35. The SMILES string of the molecule is CC(=O)[C@@H]1C[C@@H](C)CN1C(=O)[C@H](C)NC(=O)[C@@H]1CN(C)CCN1C(=O)[C@@H]1CCCN1C(=O)[C@H](CO)NC(=O)[C@H](Cc1cccc(C)c1)NC(=O)Nc1ccc(C)cc1. The Morgan fingerprint density at radius 3 is 2.19 bits per heavy atom. The second-order valence-corrected chi connectivity index (χ2v) is 16.1. The number of nitrogens with zero attached hydrogens (tertiary/aromatic N) is 4. The summed E-state index contributed by atoms with van der Waals surface area (Å²) in [5.41, 5.74) is 3.25. The van der Waals surface area contributed by atoms with Crippen LogP contribution >= 0.6 is 0 Å². The number of Topliss-reactive ketones (excluding diaryl/α,β-unsaturated/α-hetero) is 1. The number of hydrogen-bond donors (Lipinski definition) is 5. The van der Waals surface area contributed by atoms with Crippen molar-refractivity contribution in [2.45, 2.75) is 96.6 Å². The Morgan fingerprint density at radius 1 is 0.793 bits per heavy atom. The lowest BCUT2D eigenvalue weighted by molar-refractivity contribution is -0.152. The Labute approximate surface area is 340 Å². The highest BCUT2D eigenvalue weighted by Crippen LogP contribution is 2.26. The van der Waals surface area contributed by atoms with Gasteiger partial charge in [0.15, 0.2) is 5.78 Å². The summed E-state index contributed by atoms with van der Waals surface area (Å²) in [6.07, 6.45) is 1.44. The first-order valence-electron chi connectivity index (χ1n) is 20.1. The number of piperazine rings is 1. The summed E-state index contributed by atoms with van der Waals surface area (Å²) < 4.78 is 0. The van der Waals surface area contributed by atoms with E-state index >= 15 is 0 Å². The van der Waals surface area contributed by atoms with E-state index < -0.39 is 72.5 Å². The van der Waals surface area contributed by atoms with E-state index in [1.54, 1.807) is 19.1 Å². The summed E-state index contributed by atoms with van der Waals surface area (Å²) in [5, 5.41) is 21.3. The molecule has 314 valence electrons. The van der Waals surface area contributed by atoms with Crippen LogP contribution in [0.15, 0.2) is 48.5 Å². The van der Waals surface area contributed by atoms with Crippen LogP contribution in [-0.2, 0) is 35.2 Å². The van der Waals surface area contributed by atoms with E-state index in [4.69, 9.17) is 0 Å². The molecule has 7 amide bonds. The van der Waals surface area contributed by atoms with E-state index in [0.717, 1.165) is 16.7 Å². The van der Waals surface area contributed by atoms with Gasteiger partial charge in [0, 0.05) is 44.8 Å². The molecule has 3 heterocycles. The van der Waals surface area contributed by atoms with Crippen LogP contribution in [0.3, 0.4) is 0 Å². The first-order valence-corrected chi connectivity index (χ1v) is 20.1. The minimum absolute atomic E-state index is 0.0948. The van der Waals surface area contributed by atoms with Crippen LogP contribution in [0, 0.1) is 19.8 Å². The molecule has 3 aliphatic rings. The van der Waals surface area contributed by atoms with Crippen LogP contribution in [0.4, 0.5) is 10.5 Å². The van der Waals surface area contributed by atoms with Crippen LogP contribution in [0.1, 0.15) is 56.7 Å². The smallest absolute Gasteiger partial charge is 0.319 e. The first kappa shape index (κ1) is 43.8. The molecule has 16 heteroatoms. The van der Waals surface area contributed by atoms with Gasteiger partial charge in [0.1, 0.15) is 30.2 Å². The molecule has 2 aromatic carbocycles. The second-order valence-electron chi connectivity index (χ2n) is 16.1. The van der Waals surface area contributed by atoms with Crippen molar-refractivity contribution in [1.82, 2.24) is 35.6 Å². The molecule has 0 aromatic heterocycles. The predicted molar refractivity (Wildman–Crippen MR) is 216 cm³/mol. The van der Waals surface area contributed by atoms with Gasteiger partial charge in [-0.3, -0.25) is 28.8 Å². The van der Waals surface area contributed by atoms with Gasteiger partial charge < -0.3 is 46.0 Å². The van der Waals surface area contributed by atoms with Gasteiger partial charge in [-0.2, -0.15) is 0 Å². The maximum absolute atomic E-state index is 14.3. The predicted octanol–water partition coefficient (Wildman–Crippen LogP) is 0.978. The van der Waals surface area contributed by atoms with Crippen molar-refractivity contribution < 1.29 is 38.7 Å². The van der Waals surface area contributed by atoms with E-state index in [1.165, 1.54) is 21.6 Å². The highest BCUT2D eigenvalue weighted by molar-refractivity contribution is 5.98. The van der Waals surface area contributed by atoms with Crippen LogP contribution in [0.2, 0.25) is 0 Å². The number of carbonyl (C=O) groups is 7. The van der Waals surface area contributed by atoms with E-state index in [0.29, 0.717) is 38.0 Å². The Balaban J connectivity index is 1.27. The molecule has 0 radical (unpaired) electrons. The number of likely N-dealkylation sites (N-methyl/N-ethyl adjacent to an activating group) is 1. The van der Waals surface area contributed by atoms with Gasteiger partial charge in [-0.15, -0.1) is 0 Å². The van der Waals surface area contributed by atoms with E-state index in [2.05, 4.69) is 21.3 Å². The number of anilines is 1. The number of ketones is 1. The molecular weight excluding hydrogens is 745 g/mol. The first-order chi connectivity index (χ1) is 27.6. The van der Waals surface area contributed by atoms with Crippen molar-refractivity contribution in [3.8, 4) is 0 Å². The average Bonchev–Trinajstić information content (AvgIpc) is 3.84. The zero-order chi connectivity index (χ0) is 42.3. The quantitative estimate of drug-likeness (QED) is 0.196. The standard InChI is InChI=1S/C42H58N8O8/c1-25-12-14-31(15-13-25)44-42(58)46-32(21-30-10-7-9-26(2)19-30)37(53)45-33(24-51)40(56)48-16-8-11-34(48)41(57)49-18-17-47(6)23-36(49)38(54)43-28(4)39(55)50-22-27(3)20-35(50)29(5)52/h7,9-10,12-15,19,27-28,32-36,51H,8,11,16-18,20-24H2,1-6H3,(H,43,54)(H,45,53)(H2,44,46,58)/t27-,28+,32+,33+,34+,35+,36+/m1/s1. The van der Waals surface area contributed by atoms with Gasteiger partial charge in [0.2, 0.25) is 29.5 Å². The summed E-state index contributed by atoms with van der Waals surface area (Å²) in [6.45, 7) is 9.51. The van der Waals surface area contributed by atoms with Crippen LogP contribution in [0.25, 0.3) is 0 Å². The highest BCUT2D eigenvalue weighted by atomic mass is 16.3. The van der Waals surface area contributed by atoms with Crippen molar-refractivity contribution in [3.05, 3.63) is 65.2 Å². The summed E-state index contributed by atoms with van der Waals surface area (Å²) in [7, 11) is 1.83. The molecule has 5 N–H and O–H groups in total. The molecule has 3 fully saturated rings. The van der Waals surface area contributed by atoms with E-state index in [1.807, 2.05) is 69.1 Å². The number of carbonyl (C=O) groups excluding carboxylic acids is 7. The van der Waals surface area contributed by atoms with Crippen molar-refractivity contribution >= 4 is 47.0 Å². The Bertz CT molecular complexity index is 1860. The third-order valence-corrected chi connectivity index (χ3v) is 11.2. The normalized spacial score (nSPS) is 22.4. The van der Waals surface area contributed by atoms with Crippen LogP contribution < -0.4 is 21.3 Å². The monoisotopic (exact) mass is 802 g/mol. The lowest BCUT2D eigenvalue weighted by Gasteiger charge is -2.41. The maximum atomic E-state index is 14.3. The third kappa shape index (κ3) is 10.8. The highest BCUT2D eigenvalue weighted by Gasteiger charge is 2.45. The third-order valence-electron chi connectivity index (χ3n) is 11.2. The van der Waals surface area contributed by atoms with Gasteiger partial charge in [0.25, 0.3) is 0 Å². The topological polar surface area (TPSA) is 201 Å². The molecular formula is C42H58N8O8. The Kier molecular flexibility index (Phi) is 14.6. The molecule has 0 spiro atoms. The van der Waals surface area contributed by atoms with Gasteiger partial charge in [0.05, 0.1) is 12.6 Å². The van der Waals surface area contributed by atoms with Crippen molar-refractivity contribution in [1.29, 1.82) is 0 Å². The number of rotatable bonds is 13. The number of nitrogens with one attached hydrogen (secondary N) is 4. The molecule has 58 heavy (non-hydrogen) atoms. The molecule has 7 atom stereocenters. The number of amides is 7. The average molecular weight is 803 g/mol. The summed E-state index contributed by atoms with van der Waals surface area (Å²) in [4.78, 5) is 101. The fourth-order valence-corrected chi connectivity index (χ4v) is 8.09. The van der Waals surface area contributed by atoms with E-state index in [9.17, 15) is 38.7 Å². The van der Waals surface area contributed by atoms with Crippen molar-refractivity contribution in [2.75, 3.05) is 51.7 Å². The molecule has 0 unspecified atom stereocenters. The fourth-order valence-electron chi connectivity index (χ4n) is 8.09.